The van der Waals surface area contributed by atoms with Gasteiger partial charge in [0.15, 0.2) is 5.75 Å². The number of carbonyl (C=O) groups is 3. The molecule has 12 nitrogen and oxygen atoms in total. The van der Waals surface area contributed by atoms with Crippen LogP contribution in [0.15, 0.2) is 41.3 Å². The lowest BCUT2D eigenvalue weighted by atomic mass is 9.96. The van der Waals surface area contributed by atoms with E-state index in [1.807, 2.05) is 0 Å². The van der Waals surface area contributed by atoms with Gasteiger partial charge in [-0.25, -0.2) is 17.9 Å². The monoisotopic (exact) mass is 654 g/mol. The van der Waals surface area contributed by atoms with E-state index in [-0.39, 0.29) is 47.0 Å². The minimum atomic E-state index is -4.02. The Hall–Kier alpha value is -3.20. The van der Waals surface area contributed by atoms with Crippen molar-refractivity contribution in [2.24, 2.45) is 5.73 Å². The van der Waals surface area contributed by atoms with Crippen LogP contribution in [0.2, 0.25) is 5.02 Å². The van der Waals surface area contributed by atoms with Gasteiger partial charge in [0.1, 0.15) is 0 Å². The molecule has 0 radical (unpaired) electrons. The molecule has 2 aromatic rings. The van der Waals surface area contributed by atoms with Gasteiger partial charge in [-0.2, -0.15) is 12.6 Å². The van der Waals surface area contributed by atoms with Crippen molar-refractivity contribution in [2.45, 2.75) is 55.5 Å². The standard InChI is InChI=1S/C28H39ClN6O6S2/c1-41-25-22(15-19(29)16-24(25)31-13-14-33-27(37)23(30)17-42)26(36)32-12-11-18-7-9-21(10-8-18)43(39,40)35-28(38)34-20-5-3-2-4-6-20/h7-10,15-16,20,23,31,42H,2-6,11-14,17,30H2,1H3,(H,32,36)(H,33,37)(H2,34,35,38)/t23-/m0/s1. The van der Waals surface area contributed by atoms with Crippen LogP contribution >= 0.6 is 24.2 Å². The van der Waals surface area contributed by atoms with E-state index in [0.717, 1.165) is 37.7 Å². The molecule has 0 aromatic heterocycles. The van der Waals surface area contributed by atoms with Crippen molar-refractivity contribution in [3.05, 3.63) is 52.5 Å². The Morgan fingerprint density at radius 1 is 1.05 bits per heavy atom. The van der Waals surface area contributed by atoms with Gasteiger partial charge in [0, 0.05) is 36.5 Å². The summed E-state index contributed by atoms with van der Waals surface area (Å²) in [5.41, 5.74) is 7.12. The maximum absolute atomic E-state index is 13.0. The number of nitrogens with two attached hydrogens (primary N) is 1. The Balaban J connectivity index is 1.52. The highest BCUT2D eigenvalue weighted by Crippen LogP contribution is 2.32. The minimum absolute atomic E-state index is 0.0153. The van der Waals surface area contributed by atoms with Gasteiger partial charge in [0.05, 0.1) is 29.3 Å². The van der Waals surface area contributed by atoms with E-state index < -0.39 is 28.0 Å². The predicted molar refractivity (Wildman–Crippen MR) is 170 cm³/mol. The highest BCUT2D eigenvalue weighted by atomic mass is 35.5. The van der Waals surface area contributed by atoms with Crippen LogP contribution in [0.1, 0.15) is 48.0 Å². The zero-order valence-electron chi connectivity index (χ0n) is 24.0. The number of amides is 4. The summed E-state index contributed by atoms with van der Waals surface area (Å²) in [6.07, 6.45) is 5.26. The SMILES string of the molecule is COc1c(NCCNC(=O)[C@@H](N)CS)cc(Cl)cc1C(=O)NCCc1ccc(S(=O)(=O)NC(=O)NC2CCCCC2)cc1. The largest absolute Gasteiger partial charge is 0.494 e. The number of ether oxygens (including phenoxy) is 1. The molecule has 1 fully saturated rings. The summed E-state index contributed by atoms with van der Waals surface area (Å²) in [5.74, 6) is -0.219. The van der Waals surface area contributed by atoms with E-state index in [9.17, 15) is 22.8 Å². The highest BCUT2D eigenvalue weighted by Gasteiger charge is 2.22. The van der Waals surface area contributed by atoms with Gasteiger partial charge in [-0.1, -0.05) is 43.0 Å². The first-order chi connectivity index (χ1) is 20.5. The molecular formula is C28H39ClN6O6S2. The topological polar surface area (TPSA) is 181 Å². The highest BCUT2D eigenvalue weighted by molar-refractivity contribution is 7.90. The number of anilines is 1. The molecule has 0 aliphatic heterocycles. The van der Waals surface area contributed by atoms with Gasteiger partial charge in [0.25, 0.3) is 15.9 Å². The lowest BCUT2D eigenvalue weighted by Gasteiger charge is -2.22. The summed E-state index contributed by atoms with van der Waals surface area (Å²) in [6.45, 7) is 0.860. The molecule has 1 aliphatic rings. The molecule has 1 aliphatic carbocycles. The van der Waals surface area contributed by atoms with Crippen molar-refractivity contribution >= 4 is 57.8 Å². The summed E-state index contributed by atoms with van der Waals surface area (Å²) in [6, 6.07) is 7.75. The van der Waals surface area contributed by atoms with Crippen LogP contribution in [0.25, 0.3) is 0 Å². The number of thiol groups is 1. The molecule has 1 saturated carbocycles. The van der Waals surface area contributed by atoms with E-state index >= 15 is 0 Å². The third kappa shape index (κ3) is 10.5. The molecule has 15 heteroatoms. The van der Waals surface area contributed by atoms with Crippen LogP contribution in [0, 0.1) is 0 Å². The Morgan fingerprint density at radius 3 is 2.40 bits per heavy atom. The first-order valence-electron chi connectivity index (χ1n) is 14.0. The number of benzene rings is 2. The van der Waals surface area contributed by atoms with E-state index in [2.05, 4.69) is 38.6 Å². The maximum atomic E-state index is 13.0. The quantitative estimate of drug-likeness (QED) is 0.120. The molecule has 0 unspecified atom stereocenters. The number of halogens is 1. The van der Waals surface area contributed by atoms with Gasteiger partial charge in [-0.3, -0.25) is 9.59 Å². The van der Waals surface area contributed by atoms with Crippen molar-refractivity contribution in [3.63, 3.8) is 0 Å². The fraction of sp³-hybridized carbons (Fsp3) is 0.464. The molecular weight excluding hydrogens is 616 g/mol. The van der Waals surface area contributed by atoms with Gasteiger partial charge in [-0.05, 0) is 49.1 Å². The lowest BCUT2D eigenvalue weighted by molar-refractivity contribution is -0.121. The fourth-order valence-electron chi connectivity index (χ4n) is 4.60. The van der Waals surface area contributed by atoms with Crippen LogP contribution in [-0.4, -0.2) is 70.8 Å². The molecule has 236 valence electrons. The van der Waals surface area contributed by atoms with Crippen molar-refractivity contribution in [3.8, 4) is 5.75 Å². The smallest absolute Gasteiger partial charge is 0.328 e. The Labute approximate surface area is 262 Å². The van der Waals surface area contributed by atoms with Crippen molar-refractivity contribution in [1.82, 2.24) is 20.7 Å². The molecule has 3 rings (SSSR count). The van der Waals surface area contributed by atoms with Gasteiger partial charge < -0.3 is 31.7 Å². The average Bonchev–Trinajstić information content (AvgIpc) is 2.98. The number of hydrogen-bond acceptors (Lipinski definition) is 9. The fourth-order valence-corrected chi connectivity index (χ4v) is 5.90. The first kappa shape index (κ1) is 34.3. The summed E-state index contributed by atoms with van der Waals surface area (Å²) >= 11 is 10.3. The molecule has 4 amide bonds. The maximum Gasteiger partial charge on any atom is 0.328 e. The molecule has 7 N–H and O–H groups in total. The number of hydrogen-bond donors (Lipinski definition) is 7. The van der Waals surface area contributed by atoms with E-state index in [1.54, 1.807) is 18.2 Å². The molecule has 0 saturated heterocycles. The second-order valence-electron chi connectivity index (χ2n) is 10.1. The number of sulfonamides is 1. The van der Waals surface area contributed by atoms with Crippen molar-refractivity contribution < 1.29 is 27.5 Å². The third-order valence-corrected chi connectivity index (χ3v) is 8.83. The van der Waals surface area contributed by atoms with Gasteiger partial charge in [-0.15, -0.1) is 0 Å². The zero-order chi connectivity index (χ0) is 31.4. The zero-order valence-corrected chi connectivity index (χ0v) is 26.4. The molecule has 0 heterocycles. The number of methoxy groups -OCH3 is 1. The van der Waals surface area contributed by atoms with Crippen LogP contribution in [0.4, 0.5) is 10.5 Å². The first-order valence-corrected chi connectivity index (χ1v) is 16.5. The average molecular weight is 655 g/mol. The third-order valence-electron chi connectivity index (χ3n) is 6.88. The van der Waals surface area contributed by atoms with E-state index in [4.69, 9.17) is 22.1 Å². The Morgan fingerprint density at radius 2 is 1.74 bits per heavy atom. The second kappa shape index (κ2) is 16.6. The lowest BCUT2D eigenvalue weighted by Crippen LogP contribution is -2.45. The van der Waals surface area contributed by atoms with Gasteiger partial charge in [0.2, 0.25) is 5.91 Å². The molecule has 0 bridgehead atoms. The number of nitrogens with one attached hydrogen (secondary N) is 5. The number of rotatable bonds is 14. The summed E-state index contributed by atoms with van der Waals surface area (Å²) in [5, 5.41) is 11.7. The normalized spacial score (nSPS) is 14.3. The van der Waals surface area contributed by atoms with Crippen LogP contribution in [-0.2, 0) is 21.2 Å². The minimum Gasteiger partial charge on any atom is -0.494 e. The van der Waals surface area contributed by atoms with E-state index in [1.165, 1.54) is 25.3 Å². The predicted octanol–water partition coefficient (Wildman–Crippen LogP) is 2.43. The summed E-state index contributed by atoms with van der Waals surface area (Å²) in [4.78, 5) is 37.0. The van der Waals surface area contributed by atoms with Crippen LogP contribution < -0.4 is 36.5 Å². The molecule has 1 atom stereocenters. The summed E-state index contributed by atoms with van der Waals surface area (Å²) in [7, 11) is -2.59. The molecule has 2 aromatic carbocycles. The second-order valence-corrected chi connectivity index (χ2v) is 12.6. The summed E-state index contributed by atoms with van der Waals surface area (Å²) < 4.78 is 32.8. The van der Waals surface area contributed by atoms with Crippen LogP contribution in [0.3, 0.4) is 0 Å². The van der Waals surface area contributed by atoms with Crippen molar-refractivity contribution in [2.75, 3.05) is 37.8 Å². The molecule has 43 heavy (non-hydrogen) atoms. The number of carbonyl (C=O) groups excluding carboxylic acids is 3. The van der Waals surface area contributed by atoms with Crippen LogP contribution in [0.5, 0.6) is 5.75 Å². The Kier molecular flexibility index (Phi) is 13.2. The molecule has 0 spiro atoms. The van der Waals surface area contributed by atoms with Gasteiger partial charge >= 0.3 is 6.03 Å². The number of urea groups is 1. The Bertz CT molecular complexity index is 1370. The van der Waals surface area contributed by atoms with E-state index in [0.29, 0.717) is 23.7 Å². The van der Waals surface area contributed by atoms with Crippen molar-refractivity contribution in [1.29, 1.82) is 0 Å².